The van der Waals surface area contributed by atoms with E-state index in [2.05, 4.69) is 23.5 Å². The maximum Gasteiger partial charge on any atom is 0.275 e. The Kier molecular flexibility index (Phi) is 6.50. The number of methoxy groups -OCH3 is 2. The van der Waals surface area contributed by atoms with Crippen molar-refractivity contribution in [2.75, 3.05) is 33.9 Å². The number of thiazole rings is 1. The summed E-state index contributed by atoms with van der Waals surface area (Å²) < 4.78 is 11.8. The SMILES string of the molecule is COc1ccc(CNC(=O)C[NH+]2CCC[C@H](c3nc4ccccc4s3)C2)cc1OC. The number of fused-ring (bicyclic) bond motifs is 1. The fraction of sp³-hybridized carbons (Fsp3) is 0.391. The van der Waals surface area contributed by atoms with Crippen molar-refractivity contribution >= 4 is 27.5 Å². The lowest BCUT2D eigenvalue weighted by atomic mass is 9.99. The molecule has 1 aromatic heterocycles. The third kappa shape index (κ3) is 4.74. The first-order chi connectivity index (χ1) is 14.7. The number of nitrogens with one attached hydrogen (secondary N) is 2. The van der Waals surface area contributed by atoms with Crippen LogP contribution in [0.1, 0.15) is 29.3 Å². The van der Waals surface area contributed by atoms with Crippen LogP contribution < -0.4 is 19.7 Å². The van der Waals surface area contributed by atoms with Crippen molar-refractivity contribution in [1.29, 1.82) is 0 Å². The first-order valence-corrected chi connectivity index (χ1v) is 11.1. The number of hydrogen-bond donors (Lipinski definition) is 2. The van der Waals surface area contributed by atoms with Gasteiger partial charge in [-0.25, -0.2) is 4.98 Å². The summed E-state index contributed by atoms with van der Waals surface area (Å²) in [7, 11) is 3.23. The zero-order valence-corrected chi connectivity index (χ0v) is 18.3. The number of amides is 1. The molecule has 0 saturated carbocycles. The van der Waals surface area contributed by atoms with Gasteiger partial charge in [0.2, 0.25) is 0 Å². The molecule has 2 heterocycles. The van der Waals surface area contributed by atoms with E-state index in [1.54, 1.807) is 25.6 Å². The average molecular weight is 427 g/mol. The molecule has 2 aromatic carbocycles. The van der Waals surface area contributed by atoms with Gasteiger partial charge in [-0.2, -0.15) is 0 Å². The lowest BCUT2D eigenvalue weighted by Crippen LogP contribution is -3.14. The Morgan fingerprint density at radius 2 is 2.03 bits per heavy atom. The molecule has 0 bridgehead atoms. The van der Waals surface area contributed by atoms with Gasteiger partial charge in [-0.3, -0.25) is 4.79 Å². The topological polar surface area (TPSA) is 64.9 Å². The van der Waals surface area contributed by atoms with Crippen LogP contribution in [0.2, 0.25) is 0 Å². The lowest BCUT2D eigenvalue weighted by Gasteiger charge is -2.28. The van der Waals surface area contributed by atoms with Crippen LogP contribution in [0.3, 0.4) is 0 Å². The molecule has 1 aliphatic rings. The highest BCUT2D eigenvalue weighted by Gasteiger charge is 2.28. The van der Waals surface area contributed by atoms with E-state index in [1.165, 1.54) is 14.6 Å². The van der Waals surface area contributed by atoms with E-state index < -0.39 is 0 Å². The maximum atomic E-state index is 12.5. The van der Waals surface area contributed by atoms with Gasteiger partial charge in [-0.1, -0.05) is 18.2 Å². The monoisotopic (exact) mass is 426 g/mol. The molecule has 2 atom stereocenters. The third-order valence-electron chi connectivity index (χ3n) is 5.63. The number of hydrogen-bond acceptors (Lipinski definition) is 5. The van der Waals surface area contributed by atoms with E-state index in [0.29, 0.717) is 30.5 Å². The summed E-state index contributed by atoms with van der Waals surface area (Å²) in [5.74, 6) is 1.87. The zero-order chi connectivity index (χ0) is 20.9. The summed E-state index contributed by atoms with van der Waals surface area (Å²) in [5, 5.41) is 4.25. The molecule has 4 rings (SSSR count). The quantitative estimate of drug-likeness (QED) is 0.609. The molecule has 30 heavy (non-hydrogen) atoms. The second-order valence-corrected chi connectivity index (χ2v) is 8.77. The van der Waals surface area contributed by atoms with Crippen LogP contribution in [-0.2, 0) is 11.3 Å². The van der Waals surface area contributed by atoms with E-state index in [4.69, 9.17) is 14.5 Å². The van der Waals surface area contributed by atoms with Crippen molar-refractivity contribution in [2.24, 2.45) is 0 Å². The smallest absolute Gasteiger partial charge is 0.275 e. The van der Waals surface area contributed by atoms with E-state index in [0.717, 1.165) is 37.0 Å². The number of carbonyl (C=O) groups excluding carboxylic acids is 1. The van der Waals surface area contributed by atoms with Gasteiger partial charge < -0.3 is 19.7 Å². The van der Waals surface area contributed by atoms with Crippen molar-refractivity contribution in [3.05, 3.63) is 53.0 Å². The summed E-state index contributed by atoms with van der Waals surface area (Å²) in [6.45, 7) is 2.97. The minimum absolute atomic E-state index is 0.0738. The molecule has 1 fully saturated rings. The van der Waals surface area contributed by atoms with Crippen LogP contribution >= 0.6 is 11.3 Å². The summed E-state index contributed by atoms with van der Waals surface area (Å²) in [5.41, 5.74) is 2.07. The van der Waals surface area contributed by atoms with Gasteiger partial charge >= 0.3 is 0 Å². The normalized spacial score (nSPS) is 18.9. The van der Waals surface area contributed by atoms with Crippen LogP contribution in [0.4, 0.5) is 0 Å². The van der Waals surface area contributed by atoms with Gasteiger partial charge in [0.1, 0.15) is 5.01 Å². The molecular weight excluding hydrogens is 398 g/mol. The van der Waals surface area contributed by atoms with Crippen molar-refractivity contribution in [3.63, 3.8) is 0 Å². The van der Waals surface area contributed by atoms with Crippen molar-refractivity contribution in [1.82, 2.24) is 10.3 Å². The molecule has 3 aromatic rings. The predicted molar refractivity (Wildman–Crippen MR) is 119 cm³/mol. The number of carbonyl (C=O) groups is 1. The van der Waals surface area contributed by atoms with E-state index >= 15 is 0 Å². The van der Waals surface area contributed by atoms with Gasteiger partial charge in [0, 0.05) is 6.54 Å². The summed E-state index contributed by atoms with van der Waals surface area (Å²) in [6.07, 6.45) is 2.27. The molecule has 7 heteroatoms. The highest BCUT2D eigenvalue weighted by atomic mass is 32.1. The molecule has 1 saturated heterocycles. The minimum atomic E-state index is 0.0738. The molecule has 1 amide bonds. The Hall–Kier alpha value is -2.64. The zero-order valence-electron chi connectivity index (χ0n) is 17.4. The fourth-order valence-electron chi connectivity index (χ4n) is 4.07. The number of quaternary nitrogens is 1. The van der Waals surface area contributed by atoms with Crippen LogP contribution in [0.15, 0.2) is 42.5 Å². The van der Waals surface area contributed by atoms with Crippen molar-refractivity contribution in [2.45, 2.75) is 25.3 Å². The molecule has 6 nitrogen and oxygen atoms in total. The highest BCUT2D eigenvalue weighted by molar-refractivity contribution is 7.18. The van der Waals surface area contributed by atoms with Gasteiger partial charge in [0.05, 0.1) is 43.4 Å². The second-order valence-electron chi connectivity index (χ2n) is 7.71. The number of ether oxygens (including phenoxy) is 2. The lowest BCUT2D eigenvalue weighted by molar-refractivity contribution is -0.898. The Morgan fingerprint density at radius 3 is 2.83 bits per heavy atom. The number of benzene rings is 2. The molecule has 0 radical (unpaired) electrons. The standard InChI is InChI=1S/C23H27N3O3S/c1-28-19-10-9-16(12-20(19)29-2)13-24-22(27)15-26-11-5-6-17(14-26)23-25-18-7-3-4-8-21(18)30-23/h3-4,7-10,12,17H,5-6,11,13-15H2,1-2H3,(H,24,27)/p+1/t17-/m0/s1. The Bertz CT molecular complexity index is 987. The molecule has 0 spiro atoms. The number of nitrogens with zero attached hydrogens (tertiary/aromatic N) is 1. The summed E-state index contributed by atoms with van der Waals surface area (Å²) >= 11 is 1.79. The van der Waals surface area contributed by atoms with E-state index in [1.807, 2.05) is 24.3 Å². The molecule has 0 aliphatic carbocycles. The Morgan fingerprint density at radius 1 is 1.20 bits per heavy atom. The van der Waals surface area contributed by atoms with Gasteiger partial charge in [-0.05, 0) is 42.7 Å². The Balaban J connectivity index is 1.32. The van der Waals surface area contributed by atoms with E-state index in [-0.39, 0.29) is 5.91 Å². The van der Waals surface area contributed by atoms with Crippen LogP contribution in [0, 0.1) is 0 Å². The Labute approximate surface area is 180 Å². The van der Waals surface area contributed by atoms with Crippen LogP contribution in [0.5, 0.6) is 11.5 Å². The number of para-hydroxylation sites is 1. The maximum absolute atomic E-state index is 12.5. The molecule has 1 aliphatic heterocycles. The fourth-order valence-corrected chi connectivity index (χ4v) is 5.17. The van der Waals surface area contributed by atoms with Crippen LogP contribution in [0.25, 0.3) is 10.2 Å². The number of rotatable bonds is 7. The average Bonchev–Trinajstić information content (AvgIpc) is 3.22. The number of likely N-dealkylation sites (tertiary alicyclic amines) is 1. The van der Waals surface area contributed by atoms with Gasteiger partial charge in [-0.15, -0.1) is 11.3 Å². The highest BCUT2D eigenvalue weighted by Crippen LogP contribution is 2.30. The molecule has 158 valence electrons. The molecule has 1 unspecified atom stereocenters. The molecular formula is C23H28N3O3S+. The number of piperidine rings is 1. The van der Waals surface area contributed by atoms with Crippen molar-refractivity contribution < 1.29 is 19.2 Å². The largest absolute Gasteiger partial charge is 0.493 e. The second kappa shape index (κ2) is 9.45. The first-order valence-electron chi connectivity index (χ1n) is 10.3. The summed E-state index contributed by atoms with van der Waals surface area (Å²) in [6, 6.07) is 14.0. The van der Waals surface area contributed by atoms with Gasteiger partial charge in [0.25, 0.3) is 5.91 Å². The molecule has 2 N–H and O–H groups in total. The van der Waals surface area contributed by atoms with Crippen molar-refractivity contribution in [3.8, 4) is 11.5 Å². The minimum Gasteiger partial charge on any atom is -0.493 e. The predicted octanol–water partition coefficient (Wildman–Crippen LogP) is 2.39. The van der Waals surface area contributed by atoms with E-state index in [9.17, 15) is 4.79 Å². The van der Waals surface area contributed by atoms with Crippen LogP contribution in [-0.4, -0.2) is 44.7 Å². The summed E-state index contributed by atoms with van der Waals surface area (Å²) in [4.78, 5) is 18.7. The van der Waals surface area contributed by atoms with Gasteiger partial charge in [0.15, 0.2) is 18.0 Å². The third-order valence-corrected chi connectivity index (χ3v) is 6.82. The first kappa shape index (κ1) is 20.6. The number of aromatic nitrogens is 1.